The molecule has 1 heterocycles. The van der Waals surface area contributed by atoms with Gasteiger partial charge in [0.1, 0.15) is 6.10 Å². The minimum absolute atomic E-state index is 0.0320. The van der Waals surface area contributed by atoms with Crippen LogP contribution in [0.2, 0.25) is 0 Å². The third-order valence-corrected chi connectivity index (χ3v) is 5.23. The molecule has 2 aliphatic carbocycles. The molecule has 4 atom stereocenters. The van der Waals surface area contributed by atoms with Crippen LogP contribution in [-0.4, -0.2) is 56.1 Å². The summed E-state index contributed by atoms with van der Waals surface area (Å²) in [5, 5.41) is 2.72. The average Bonchev–Trinajstić information content (AvgIpc) is 3.28. The number of rotatable bonds is 6. The topological polar surface area (TPSA) is 105 Å². The van der Waals surface area contributed by atoms with Crippen molar-refractivity contribution >= 4 is 16.0 Å². The molecule has 24 heavy (non-hydrogen) atoms. The van der Waals surface area contributed by atoms with Crippen molar-refractivity contribution in [2.75, 3.05) is 19.0 Å². The second kappa shape index (κ2) is 6.95. The van der Waals surface area contributed by atoms with E-state index in [9.17, 15) is 13.2 Å². The van der Waals surface area contributed by atoms with E-state index in [1.54, 1.807) is 0 Å². The van der Waals surface area contributed by atoms with E-state index in [1.165, 1.54) is 5.57 Å². The zero-order valence-electron chi connectivity index (χ0n) is 13.6. The second-order valence-corrected chi connectivity index (χ2v) is 8.10. The zero-order chi connectivity index (χ0) is 17.3. The van der Waals surface area contributed by atoms with Gasteiger partial charge in [-0.2, -0.15) is 8.42 Å². The quantitative estimate of drug-likeness (QED) is 0.539. The van der Waals surface area contributed by atoms with E-state index in [-0.39, 0.29) is 24.2 Å². The Hall–Kier alpha value is -1.22. The number of epoxide rings is 1. The van der Waals surface area contributed by atoms with Crippen molar-refractivity contribution in [3.05, 3.63) is 23.3 Å². The zero-order valence-corrected chi connectivity index (χ0v) is 14.4. The van der Waals surface area contributed by atoms with Gasteiger partial charge < -0.3 is 14.8 Å². The highest BCUT2D eigenvalue weighted by Crippen LogP contribution is 2.36. The smallest absolute Gasteiger partial charge is 0.274 e. The Morgan fingerprint density at radius 1 is 1.50 bits per heavy atom. The minimum Gasteiger partial charge on any atom is -0.371 e. The Morgan fingerprint density at radius 2 is 2.25 bits per heavy atom. The number of hydrogen-bond acceptors (Lipinski definition) is 5. The van der Waals surface area contributed by atoms with Gasteiger partial charge in [-0.05, 0) is 30.4 Å². The van der Waals surface area contributed by atoms with Crippen LogP contribution in [0.3, 0.4) is 0 Å². The Balaban J connectivity index is 1.72. The van der Waals surface area contributed by atoms with Gasteiger partial charge >= 0.3 is 0 Å². The van der Waals surface area contributed by atoms with Gasteiger partial charge in [-0.1, -0.05) is 19.1 Å². The second-order valence-electron chi connectivity index (χ2n) is 6.65. The van der Waals surface area contributed by atoms with Gasteiger partial charge in [0.25, 0.3) is 10.1 Å². The monoisotopic (exact) mass is 357 g/mol. The van der Waals surface area contributed by atoms with Crippen LogP contribution in [0.25, 0.3) is 0 Å². The number of amides is 1. The van der Waals surface area contributed by atoms with Crippen LogP contribution >= 0.6 is 0 Å². The molecule has 8 heteroatoms. The Bertz CT molecular complexity index is 664. The van der Waals surface area contributed by atoms with Crippen molar-refractivity contribution in [3.63, 3.8) is 0 Å². The Kier molecular flexibility index (Phi) is 5.10. The Morgan fingerprint density at radius 3 is 2.92 bits per heavy atom. The van der Waals surface area contributed by atoms with Crippen molar-refractivity contribution in [1.29, 1.82) is 0 Å². The summed E-state index contributed by atoms with van der Waals surface area (Å²) >= 11 is 0. The SMILES string of the molecule is CC1C=CC2=C(CCCC2NC(=O)CS(=O)(=O)O)C1OCC1CO1. The highest BCUT2D eigenvalue weighted by Gasteiger charge is 2.34. The molecule has 0 spiro atoms. The fourth-order valence-corrected chi connectivity index (χ4v) is 3.82. The molecule has 0 aromatic carbocycles. The summed E-state index contributed by atoms with van der Waals surface area (Å²) in [6.45, 7) is 3.41. The van der Waals surface area contributed by atoms with E-state index in [4.69, 9.17) is 14.0 Å². The van der Waals surface area contributed by atoms with Gasteiger partial charge in [-0.3, -0.25) is 9.35 Å². The highest BCUT2D eigenvalue weighted by atomic mass is 32.2. The molecular formula is C16H23NO6S. The molecule has 7 nitrogen and oxygen atoms in total. The summed E-state index contributed by atoms with van der Waals surface area (Å²) in [7, 11) is -4.32. The molecule has 0 aromatic heterocycles. The molecule has 1 amide bonds. The fraction of sp³-hybridized carbons (Fsp3) is 0.688. The fourth-order valence-electron chi connectivity index (χ4n) is 3.40. The van der Waals surface area contributed by atoms with Crippen LogP contribution in [-0.2, 0) is 24.4 Å². The summed E-state index contributed by atoms with van der Waals surface area (Å²) in [6.07, 6.45) is 6.78. The summed E-state index contributed by atoms with van der Waals surface area (Å²) in [6, 6.07) is -0.241. The summed E-state index contributed by atoms with van der Waals surface area (Å²) in [5.74, 6) is -1.35. The first-order valence-corrected chi connectivity index (χ1v) is 9.83. The van der Waals surface area contributed by atoms with Gasteiger partial charge in [0.05, 0.1) is 25.4 Å². The van der Waals surface area contributed by atoms with Gasteiger partial charge in [-0.25, -0.2) is 0 Å². The molecule has 1 fully saturated rings. The van der Waals surface area contributed by atoms with Gasteiger partial charge in [-0.15, -0.1) is 0 Å². The molecule has 2 N–H and O–H groups in total. The maximum Gasteiger partial charge on any atom is 0.274 e. The van der Waals surface area contributed by atoms with Crippen molar-refractivity contribution < 1.29 is 27.2 Å². The molecule has 134 valence electrons. The first kappa shape index (κ1) is 17.6. The predicted octanol–water partition coefficient (Wildman–Crippen LogP) is 0.829. The number of hydrogen-bond donors (Lipinski definition) is 2. The maximum absolute atomic E-state index is 11.8. The molecule has 1 aliphatic heterocycles. The summed E-state index contributed by atoms with van der Waals surface area (Å²) in [4.78, 5) is 11.8. The molecule has 3 aliphatic rings. The van der Waals surface area contributed by atoms with E-state index in [0.717, 1.165) is 31.4 Å². The lowest BCUT2D eigenvalue weighted by Crippen LogP contribution is -2.43. The molecular weight excluding hydrogens is 334 g/mol. The first-order valence-electron chi connectivity index (χ1n) is 8.22. The minimum atomic E-state index is -4.32. The van der Waals surface area contributed by atoms with Gasteiger partial charge in [0.2, 0.25) is 5.91 Å². The maximum atomic E-state index is 11.8. The van der Waals surface area contributed by atoms with Gasteiger partial charge in [0.15, 0.2) is 5.75 Å². The Labute approximate surface area is 141 Å². The highest BCUT2D eigenvalue weighted by molar-refractivity contribution is 7.86. The molecule has 0 radical (unpaired) electrons. The summed E-state index contributed by atoms with van der Waals surface area (Å²) < 4.78 is 41.7. The predicted molar refractivity (Wildman–Crippen MR) is 87.0 cm³/mol. The van der Waals surface area contributed by atoms with E-state index < -0.39 is 21.8 Å². The number of carbonyl (C=O) groups is 1. The number of ether oxygens (including phenoxy) is 2. The van der Waals surface area contributed by atoms with Crippen LogP contribution in [0.15, 0.2) is 23.3 Å². The molecule has 4 unspecified atom stereocenters. The van der Waals surface area contributed by atoms with Crippen molar-refractivity contribution in [2.24, 2.45) is 5.92 Å². The van der Waals surface area contributed by atoms with E-state index in [0.29, 0.717) is 6.61 Å². The van der Waals surface area contributed by atoms with Crippen LogP contribution in [0, 0.1) is 5.92 Å². The average molecular weight is 357 g/mol. The van der Waals surface area contributed by atoms with Crippen LogP contribution in [0.5, 0.6) is 0 Å². The van der Waals surface area contributed by atoms with Crippen LogP contribution in [0.4, 0.5) is 0 Å². The largest absolute Gasteiger partial charge is 0.371 e. The van der Waals surface area contributed by atoms with Crippen LogP contribution in [0.1, 0.15) is 26.2 Å². The van der Waals surface area contributed by atoms with E-state index >= 15 is 0 Å². The molecule has 0 aromatic rings. The normalized spacial score (nSPS) is 32.4. The van der Waals surface area contributed by atoms with E-state index in [2.05, 4.69) is 18.3 Å². The number of nitrogens with one attached hydrogen (secondary N) is 1. The third-order valence-electron chi connectivity index (χ3n) is 4.60. The van der Waals surface area contributed by atoms with Gasteiger partial charge in [0, 0.05) is 5.92 Å². The van der Waals surface area contributed by atoms with Crippen molar-refractivity contribution in [2.45, 2.75) is 44.4 Å². The van der Waals surface area contributed by atoms with E-state index in [1.807, 2.05) is 6.08 Å². The number of carbonyl (C=O) groups excluding carboxylic acids is 1. The lowest BCUT2D eigenvalue weighted by molar-refractivity contribution is -0.119. The molecule has 3 rings (SSSR count). The lowest BCUT2D eigenvalue weighted by atomic mass is 9.78. The standard InChI is InChI=1S/C16H23NO6S/c1-10-5-6-12-13(16(10)23-8-11-7-22-11)3-2-4-14(12)17-15(18)9-24(19,20)21/h5-6,10-11,14,16H,2-4,7-9H2,1H3,(H,17,18)(H,19,20,21). The molecule has 0 saturated carbocycles. The third kappa shape index (κ3) is 4.44. The molecule has 0 bridgehead atoms. The first-order chi connectivity index (χ1) is 11.3. The molecule has 1 saturated heterocycles. The van der Waals surface area contributed by atoms with Crippen molar-refractivity contribution in [1.82, 2.24) is 5.32 Å². The van der Waals surface area contributed by atoms with Crippen molar-refractivity contribution in [3.8, 4) is 0 Å². The lowest BCUT2D eigenvalue weighted by Gasteiger charge is -2.36. The van der Waals surface area contributed by atoms with Crippen LogP contribution < -0.4 is 5.32 Å². The summed E-state index contributed by atoms with van der Waals surface area (Å²) in [5.41, 5.74) is 2.18.